The smallest absolute Gasteiger partial charge is 0.317 e. The summed E-state index contributed by atoms with van der Waals surface area (Å²) in [6.45, 7) is 11.5. The zero-order valence-corrected chi connectivity index (χ0v) is 17.2. The van der Waals surface area contributed by atoms with Crippen LogP contribution in [0.3, 0.4) is 0 Å². The third-order valence-electron chi connectivity index (χ3n) is 4.50. The molecule has 0 saturated carbocycles. The molecule has 0 spiro atoms. The van der Waals surface area contributed by atoms with E-state index in [1.54, 1.807) is 4.90 Å². The molecule has 0 aromatic carbocycles. The Bertz CT molecular complexity index is 636. The number of rotatable bonds is 2. The average molecular weight is 380 g/mol. The van der Waals surface area contributed by atoms with Gasteiger partial charge in [0.05, 0.1) is 0 Å². The fraction of sp³-hybridized carbons (Fsp3) is 0.789. The van der Waals surface area contributed by atoms with Gasteiger partial charge in [0, 0.05) is 43.4 Å². The maximum atomic E-state index is 12.5. The third kappa shape index (κ3) is 6.84. The van der Waals surface area contributed by atoms with E-state index >= 15 is 0 Å². The fourth-order valence-electron chi connectivity index (χ4n) is 2.99. The Kier molecular flexibility index (Phi) is 7.21. The number of carbonyl (C=O) groups is 2. The van der Waals surface area contributed by atoms with Crippen LogP contribution in [0.4, 0.5) is 4.79 Å². The zero-order chi connectivity index (χ0) is 20.0. The predicted octanol–water partition coefficient (Wildman–Crippen LogP) is 2.78. The van der Waals surface area contributed by atoms with E-state index in [0.29, 0.717) is 37.8 Å². The van der Waals surface area contributed by atoms with Gasteiger partial charge in [-0.3, -0.25) is 4.79 Å². The second-order valence-corrected chi connectivity index (χ2v) is 8.54. The molecular weight excluding hydrogens is 346 g/mol. The molecule has 27 heavy (non-hydrogen) atoms. The zero-order valence-electron chi connectivity index (χ0n) is 17.2. The number of urea groups is 1. The molecule has 1 aromatic heterocycles. The summed E-state index contributed by atoms with van der Waals surface area (Å²) in [7, 11) is 0. The molecule has 2 rings (SSSR count). The Morgan fingerprint density at radius 2 is 2.04 bits per heavy atom. The van der Waals surface area contributed by atoms with Crippen LogP contribution in [0.5, 0.6) is 0 Å². The van der Waals surface area contributed by atoms with Gasteiger partial charge in [-0.2, -0.15) is 4.98 Å². The van der Waals surface area contributed by atoms with Crippen molar-refractivity contribution in [3.05, 3.63) is 11.7 Å². The summed E-state index contributed by atoms with van der Waals surface area (Å²) in [6.07, 6.45) is 2.70. The lowest BCUT2D eigenvalue weighted by molar-refractivity contribution is -0.121. The summed E-state index contributed by atoms with van der Waals surface area (Å²) in [5.41, 5.74) is -0.314. The van der Waals surface area contributed by atoms with E-state index < -0.39 is 0 Å². The molecule has 0 bridgehead atoms. The van der Waals surface area contributed by atoms with Crippen molar-refractivity contribution in [3.63, 3.8) is 0 Å². The molecule has 8 heteroatoms. The summed E-state index contributed by atoms with van der Waals surface area (Å²) in [5, 5.41) is 9.96. The quantitative estimate of drug-likeness (QED) is 0.823. The second-order valence-electron chi connectivity index (χ2n) is 8.54. The van der Waals surface area contributed by atoms with E-state index in [1.807, 2.05) is 34.6 Å². The maximum absolute atomic E-state index is 12.5. The standard InChI is InChI=1S/C19H33N5O3/c1-13(2)16-21-17(27-23-16)14-7-6-11-24(18(26)22-19(3,4)5)12-9-15(25)20-10-8-14/h13-14H,6-12H2,1-5H3,(H,20,25)(H,22,26). The van der Waals surface area contributed by atoms with Gasteiger partial charge in [0.2, 0.25) is 11.8 Å². The normalized spacial score (nSPS) is 20.1. The second kappa shape index (κ2) is 9.19. The van der Waals surface area contributed by atoms with Gasteiger partial charge in [-0.15, -0.1) is 0 Å². The highest BCUT2D eigenvalue weighted by molar-refractivity contribution is 5.78. The van der Waals surface area contributed by atoms with Crippen molar-refractivity contribution in [3.8, 4) is 0 Å². The van der Waals surface area contributed by atoms with Crippen molar-refractivity contribution in [2.45, 2.75) is 77.7 Å². The van der Waals surface area contributed by atoms with Crippen LogP contribution in [-0.4, -0.2) is 52.2 Å². The molecular formula is C19H33N5O3. The lowest BCUT2D eigenvalue weighted by Gasteiger charge is -2.28. The number of nitrogens with zero attached hydrogens (tertiary/aromatic N) is 3. The van der Waals surface area contributed by atoms with Crippen LogP contribution in [0.1, 0.15) is 83.9 Å². The van der Waals surface area contributed by atoms with E-state index in [2.05, 4.69) is 20.8 Å². The third-order valence-corrected chi connectivity index (χ3v) is 4.50. The molecule has 1 aliphatic rings. The number of aromatic nitrogens is 2. The van der Waals surface area contributed by atoms with Gasteiger partial charge in [-0.1, -0.05) is 19.0 Å². The monoisotopic (exact) mass is 379 g/mol. The van der Waals surface area contributed by atoms with E-state index in [1.165, 1.54) is 0 Å². The molecule has 8 nitrogen and oxygen atoms in total. The van der Waals surface area contributed by atoms with Crippen LogP contribution in [-0.2, 0) is 4.79 Å². The van der Waals surface area contributed by atoms with Crippen molar-refractivity contribution in [1.29, 1.82) is 0 Å². The summed E-state index contributed by atoms with van der Waals surface area (Å²) in [5.74, 6) is 1.57. The van der Waals surface area contributed by atoms with Gasteiger partial charge in [-0.05, 0) is 40.0 Å². The first kappa shape index (κ1) is 21.2. The maximum Gasteiger partial charge on any atom is 0.317 e. The topological polar surface area (TPSA) is 100 Å². The molecule has 3 amide bonds. The first-order chi connectivity index (χ1) is 12.7. The highest BCUT2D eigenvalue weighted by Gasteiger charge is 2.24. The number of nitrogens with one attached hydrogen (secondary N) is 2. The highest BCUT2D eigenvalue weighted by Crippen LogP contribution is 2.25. The number of hydrogen-bond acceptors (Lipinski definition) is 5. The Balaban J connectivity index is 2.06. The Labute approximate surface area is 161 Å². The van der Waals surface area contributed by atoms with Gasteiger partial charge < -0.3 is 20.1 Å². The minimum absolute atomic E-state index is 0.0439. The molecule has 152 valence electrons. The van der Waals surface area contributed by atoms with Crippen LogP contribution in [0, 0.1) is 0 Å². The average Bonchev–Trinajstić information content (AvgIpc) is 3.02. The molecule has 1 aromatic rings. The SMILES string of the molecule is CC(C)c1noc(C2CCCN(C(=O)NC(C)(C)C)CCC(=O)NCC2)n1. The Morgan fingerprint density at radius 3 is 2.67 bits per heavy atom. The molecule has 2 N–H and O–H groups in total. The van der Waals surface area contributed by atoms with Gasteiger partial charge in [0.15, 0.2) is 5.82 Å². The van der Waals surface area contributed by atoms with E-state index in [-0.39, 0.29) is 29.3 Å². The fourth-order valence-corrected chi connectivity index (χ4v) is 2.99. The Morgan fingerprint density at radius 1 is 1.30 bits per heavy atom. The van der Waals surface area contributed by atoms with Crippen LogP contribution in [0.2, 0.25) is 0 Å². The van der Waals surface area contributed by atoms with E-state index in [4.69, 9.17) is 4.52 Å². The van der Waals surface area contributed by atoms with Gasteiger partial charge in [0.25, 0.3) is 0 Å². The molecule has 1 fully saturated rings. The Hall–Kier alpha value is -2.12. The summed E-state index contributed by atoms with van der Waals surface area (Å²) >= 11 is 0. The van der Waals surface area contributed by atoms with Crippen molar-refractivity contribution in [2.75, 3.05) is 19.6 Å². The van der Waals surface area contributed by atoms with Crippen molar-refractivity contribution >= 4 is 11.9 Å². The number of carbonyl (C=O) groups excluding carboxylic acids is 2. The molecule has 0 aliphatic carbocycles. The van der Waals surface area contributed by atoms with Crippen LogP contribution in [0.15, 0.2) is 4.52 Å². The van der Waals surface area contributed by atoms with Crippen LogP contribution in [0.25, 0.3) is 0 Å². The van der Waals surface area contributed by atoms with Crippen LogP contribution >= 0.6 is 0 Å². The van der Waals surface area contributed by atoms with Gasteiger partial charge in [-0.25, -0.2) is 4.79 Å². The summed E-state index contributed by atoms with van der Waals surface area (Å²) in [4.78, 5) is 30.9. The van der Waals surface area contributed by atoms with Gasteiger partial charge in [0.1, 0.15) is 0 Å². The lowest BCUT2D eigenvalue weighted by atomic mass is 9.99. The number of amides is 3. The first-order valence-electron chi connectivity index (χ1n) is 9.83. The molecule has 1 aliphatic heterocycles. The van der Waals surface area contributed by atoms with E-state index in [0.717, 1.165) is 19.3 Å². The number of hydrogen-bond donors (Lipinski definition) is 2. The largest absolute Gasteiger partial charge is 0.356 e. The van der Waals surface area contributed by atoms with Crippen molar-refractivity contribution in [1.82, 2.24) is 25.7 Å². The first-order valence-corrected chi connectivity index (χ1v) is 9.83. The van der Waals surface area contributed by atoms with Gasteiger partial charge >= 0.3 is 6.03 Å². The van der Waals surface area contributed by atoms with Crippen molar-refractivity contribution in [2.24, 2.45) is 0 Å². The van der Waals surface area contributed by atoms with Crippen LogP contribution < -0.4 is 10.6 Å². The molecule has 0 radical (unpaired) electrons. The summed E-state index contributed by atoms with van der Waals surface area (Å²) < 4.78 is 5.47. The minimum Gasteiger partial charge on any atom is -0.356 e. The van der Waals surface area contributed by atoms with Crippen molar-refractivity contribution < 1.29 is 14.1 Å². The molecule has 1 atom stereocenters. The molecule has 1 saturated heterocycles. The predicted molar refractivity (Wildman–Crippen MR) is 102 cm³/mol. The van der Waals surface area contributed by atoms with E-state index in [9.17, 15) is 9.59 Å². The molecule has 2 heterocycles. The lowest BCUT2D eigenvalue weighted by Crippen LogP contribution is -2.49. The highest BCUT2D eigenvalue weighted by atomic mass is 16.5. The minimum atomic E-state index is -0.314. The summed E-state index contributed by atoms with van der Waals surface area (Å²) in [6, 6.07) is -0.133. The molecule has 1 unspecified atom stereocenters.